The molecule has 18 heavy (non-hydrogen) atoms. The van der Waals surface area contributed by atoms with Crippen molar-refractivity contribution in [2.75, 3.05) is 19.0 Å². The number of amides is 1. The third-order valence-corrected chi connectivity index (χ3v) is 3.08. The van der Waals surface area contributed by atoms with Crippen molar-refractivity contribution in [1.82, 2.24) is 0 Å². The molecule has 0 bridgehead atoms. The van der Waals surface area contributed by atoms with Crippen LogP contribution in [0.1, 0.15) is 25.8 Å². The Morgan fingerprint density at radius 1 is 1.44 bits per heavy atom. The Hall–Kier alpha value is -1.55. The van der Waals surface area contributed by atoms with Gasteiger partial charge >= 0.3 is 0 Å². The fraction of sp³-hybridized carbons (Fsp3) is 0.500. The van der Waals surface area contributed by atoms with Crippen LogP contribution in [-0.2, 0) is 11.2 Å². The number of hydrogen-bond acceptors (Lipinski definition) is 3. The first-order valence-corrected chi connectivity index (χ1v) is 6.34. The molecule has 0 spiro atoms. The molecule has 0 saturated carbocycles. The standard InChI is InChI=1S/C14H22N2O2/c1-4-10-8-12(6-7-13(10)18-3)16-14(17)11(5-2)9-15/h6-8,11H,4-5,9,15H2,1-3H3,(H,16,17). The van der Waals surface area contributed by atoms with Crippen LogP contribution in [0, 0.1) is 5.92 Å². The number of hydrogen-bond donors (Lipinski definition) is 2. The molecule has 0 radical (unpaired) electrons. The predicted molar refractivity (Wildman–Crippen MR) is 73.8 cm³/mol. The molecule has 4 heteroatoms. The Labute approximate surface area is 109 Å². The van der Waals surface area contributed by atoms with Gasteiger partial charge in [-0.3, -0.25) is 4.79 Å². The monoisotopic (exact) mass is 250 g/mol. The molecule has 0 heterocycles. The first-order chi connectivity index (χ1) is 8.65. The number of nitrogens with two attached hydrogens (primary N) is 1. The summed E-state index contributed by atoms with van der Waals surface area (Å²) in [6.07, 6.45) is 1.61. The molecular weight excluding hydrogens is 228 g/mol. The number of carbonyl (C=O) groups excluding carboxylic acids is 1. The van der Waals surface area contributed by atoms with Crippen LogP contribution in [0.2, 0.25) is 0 Å². The molecule has 3 N–H and O–H groups in total. The second-order valence-electron chi connectivity index (χ2n) is 4.21. The van der Waals surface area contributed by atoms with Gasteiger partial charge in [-0.1, -0.05) is 13.8 Å². The highest BCUT2D eigenvalue weighted by atomic mass is 16.5. The van der Waals surface area contributed by atoms with Crippen molar-refractivity contribution in [2.24, 2.45) is 11.7 Å². The molecule has 1 amide bonds. The van der Waals surface area contributed by atoms with Gasteiger partial charge in [-0.25, -0.2) is 0 Å². The lowest BCUT2D eigenvalue weighted by Gasteiger charge is -2.14. The normalized spacial score (nSPS) is 12.0. The third-order valence-electron chi connectivity index (χ3n) is 3.08. The van der Waals surface area contributed by atoms with E-state index >= 15 is 0 Å². The average Bonchev–Trinajstić information content (AvgIpc) is 2.40. The molecule has 1 unspecified atom stereocenters. The second-order valence-corrected chi connectivity index (χ2v) is 4.21. The van der Waals surface area contributed by atoms with Gasteiger partial charge in [0.25, 0.3) is 0 Å². The third kappa shape index (κ3) is 3.47. The first kappa shape index (κ1) is 14.5. The molecule has 0 aliphatic rings. The largest absolute Gasteiger partial charge is 0.496 e. The molecule has 1 aromatic rings. The van der Waals surface area contributed by atoms with E-state index < -0.39 is 0 Å². The van der Waals surface area contributed by atoms with Crippen molar-refractivity contribution in [1.29, 1.82) is 0 Å². The fourth-order valence-electron chi connectivity index (χ4n) is 1.84. The zero-order valence-corrected chi connectivity index (χ0v) is 11.3. The lowest BCUT2D eigenvalue weighted by molar-refractivity contribution is -0.119. The summed E-state index contributed by atoms with van der Waals surface area (Å²) in [6, 6.07) is 5.66. The number of anilines is 1. The van der Waals surface area contributed by atoms with Gasteiger partial charge in [-0.05, 0) is 36.6 Å². The van der Waals surface area contributed by atoms with Crippen molar-refractivity contribution in [2.45, 2.75) is 26.7 Å². The summed E-state index contributed by atoms with van der Waals surface area (Å²) in [5.74, 6) is 0.700. The molecule has 0 aliphatic carbocycles. The van der Waals surface area contributed by atoms with Gasteiger partial charge in [0.2, 0.25) is 5.91 Å². The maximum Gasteiger partial charge on any atom is 0.228 e. The zero-order chi connectivity index (χ0) is 13.5. The number of ether oxygens (including phenoxy) is 1. The highest BCUT2D eigenvalue weighted by molar-refractivity contribution is 5.92. The van der Waals surface area contributed by atoms with Crippen molar-refractivity contribution >= 4 is 11.6 Å². The molecule has 0 aromatic heterocycles. The van der Waals surface area contributed by atoms with E-state index in [4.69, 9.17) is 10.5 Å². The van der Waals surface area contributed by atoms with Crippen LogP contribution in [-0.4, -0.2) is 19.6 Å². The van der Waals surface area contributed by atoms with E-state index in [1.54, 1.807) is 7.11 Å². The summed E-state index contributed by atoms with van der Waals surface area (Å²) < 4.78 is 5.25. The predicted octanol–water partition coefficient (Wildman–Crippen LogP) is 2.18. The first-order valence-electron chi connectivity index (χ1n) is 6.34. The van der Waals surface area contributed by atoms with Crippen molar-refractivity contribution in [3.63, 3.8) is 0 Å². The topological polar surface area (TPSA) is 64.4 Å². The number of nitrogens with one attached hydrogen (secondary N) is 1. The highest BCUT2D eigenvalue weighted by Gasteiger charge is 2.14. The minimum absolute atomic E-state index is 0.0211. The van der Waals surface area contributed by atoms with Crippen LogP contribution in [0.5, 0.6) is 5.75 Å². The Morgan fingerprint density at radius 2 is 2.17 bits per heavy atom. The summed E-state index contributed by atoms with van der Waals surface area (Å²) >= 11 is 0. The van der Waals surface area contributed by atoms with Gasteiger partial charge in [0.05, 0.1) is 13.0 Å². The summed E-state index contributed by atoms with van der Waals surface area (Å²) in [7, 11) is 1.65. The van der Waals surface area contributed by atoms with Crippen LogP contribution in [0.25, 0.3) is 0 Å². The van der Waals surface area contributed by atoms with Gasteiger partial charge in [-0.2, -0.15) is 0 Å². The molecule has 4 nitrogen and oxygen atoms in total. The number of aryl methyl sites for hydroxylation is 1. The zero-order valence-electron chi connectivity index (χ0n) is 11.3. The minimum atomic E-state index is -0.128. The maximum atomic E-state index is 11.9. The van der Waals surface area contributed by atoms with Gasteiger partial charge in [0.15, 0.2) is 0 Å². The lowest BCUT2D eigenvalue weighted by atomic mass is 10.1. The molecule has 1 rings (SSSR count). The number of benzene rings is 1. The maximum absolute atomic E-state index is 11.9. The van der Waals surface area contributed by atoms with Crippen LogP contribution in [0.3, 0.4) is 0 Å². The van der Waals surface area contributed by atoms with Gasteiger partial charge in [0, 0.05) is 12.2 Å². The van der Waals surface area contributed by atoms with E-state index in [1.165, 1.54) is 0 Å². The molecular formula is C14H22N2O2. The SMILES string of the molecule is CCc1cc(NC(=O)C(CC)CN)ccc1OC. The summed E-state index contributed by atoms with van der Waals surface area (Å²) in [5, 5.41) is 2.90. The van der Waals surface area contributed by atoms with Crippen molar-refractivity contribution in [3.8, 4) is 5.75 Å². The second kappa shape index (κ2) is 7.01. The molecule has 1 atom stereocenters. The van der Waals surface area contributed by atoms with Crippen molar-refractivity contribution in [3.05, 3.63) is 23.8 Å². The molecule has 0 aliphatic heterocycles. The molecule has 1 aromatic carbocycles. The van der Waals surface area contributed by atoms with E-state index in [9.17, 15) is 4.79 Å². The summed E-state index contributed by atoms with van der Waals surface area (Å²) in [5.41, 5.74) is 7.43. The average molecular weight is 250 g/mol. The van der Waals surface area contributed by atoms with Crippen LogP contribution in [0.4, 0.5) is 5.69 Å². The molecule has 0 fully saturated rings. The van der Waals surface area contributed by atoms with Crippen LogP contribution < -0.4 is 15.8 Å². The Bertz CT molecular complexity index is 401. The smallest absolute Gasteiger partial charge is 0.228 e. The molecule has 100 valence electrons. The van der Waals surface area contributed by atoms with E-state index in [0.29, 0.717) is 6.54 Å². The summed E-state index contributed by atoms with van der Waals surface area (Å²) in [6.45, 7) is 4.39. The van der Waals surface area contributed by atoms with E-state index in [0.717, 1.165) is 29.8 Å². The van der Waals surface area contributed by atoms with Crippen molar-refractivity contribution < 1.29 is 9.53 Å². The number of methoxy groups -OCH3 is 1. The minimum Gasteiger partial charge on any atom is -0.496 e. The fourth-order valence-corrected chi connectivity index (χ4v) is 1.84. The van der Waals surface area contributed by atoms with E-state index in [1.807, 2.05) is 25.1 Å². The van der Waals surface area contributed by atoms with E-state index in [-0.39, 0.29) is 11.8 Å². The number of rotatable bonds is 6. The van der Waals surface area contributed by atoms with Gasteiger partial charge < -0.3 is 15.8 Å². The van der Waals surface area contributed by atoms with Gasteiger partial charge in [0.1, 0.15) is 5.75 Å². The van der Waals surface area contributed by atoms with Crippen LogP contribution >= 0.6 is 0 Å². The van der Waals surface area contributed by atoms with Crippen LogP contribution in [0.15, 0.2) is 18.2 Å². The summed E-state index contributed by atoms with van der Waals surface area (Å²) in [4.78, 5) is 11.9. The number of carbonyl (C=O) groups is 1. The Kier molecular flexibility index (Phi) is 5.65. The Morgan fingerprint density at radius 3 is 2.67 bits per heavy atom. The molecule has 0 saturated heterocycles. The van der Waals surface area contributed by atoms with E-state index in [2.05, 4.69) is 12.2 Å². The van der Waals surface area contributed by atoms with Gasteiger partial charge in [-0.15, -0.1) is 0 Å². The lowest BCUT2D eigenvalue weighted by Crippen LogP contribution is -2.28. The Balaban J connectivity index is 2.82. The highest BCUT2D eigenvalue weighted by Crippen LogP contribution is 2.23. The quantitative estimate of drug-likeness (QED) is 0.813.